The van der Waals surface area contributed by atoms with E-state index in [1.54, 1.807) is 12.1 Å². The Kier molecular flexibility index (Phi) is 4.40. The summed E-state index contributed by atoms with van der Waals surface area (Å²) in [6.07, 6.45) is 0.649. The molecule has 0 aromatic heterocycles. The van der Waals surface area contributed by atoms with Crippen molar-refractivity contribution in [1.29, 1.82) is 0 Å². The molecule has 5 heteroatoms. The first-order valence-corrected chi connectivity index (χ1v) is 6.50. The Morgan fingerprint density at radius 1 is 1.05 bits per heavy atom. The lowest BCUT2D eigenvalue weighted by Crippen LogP contribution is -1.96. The van der Waals surface area contributed by atoms with Gasteiger partial charge in [0.2, 0.25) is 0 Å². The first-order valence-electron chi connectivity index (χ1n) is 5.69. The quantitative estimate of drug-likeness (QED) is 0.463. The number of rotatable bonds is 4. The number of hydrogen-bond acceptors (Lipinski definition) is 2. The van der Waals surface area contributed by atoms with Gasteiger partial charge < -0.3 is 0 Å². The van der Waals surface area contributed by atoms with Crippen molar-refractivity contribution in [3.63, 3.8) is 0 Å². The van der Waals surface area contributed by atoms with Crippen LogP contribution in [0.1, 0.15) is 16.5 Å². The highest BCUT2D eigenvalue weighted by atomic mass is 35.5. The smallest absolute Gasteiger partial charge is 0.258 e. The maximum atomic E-state index is 10.6. The van der Waals surface area contributed by atoms with Crippen molar-refractivity contribution >= 4 is 28.9 Å². The highest BCUT2D eigenvalue weighted by Crippen LogP contribution is 2.27. The van der Waals surface area contributed by atoms with E-state index in [1.165, 1.54) is 12.1 Å². The van der Waals surface area contributed by atoms with Crippen molar-refractivity contribution < 1.29 is 4.92 Å². The van der Waals surface area contributed by atoms with Crippen molar-refractivity contribution in [2.75, 3.05) is 0 Å². The van der Waals surface area contributed by atoms with Crippen molar-refractivity contribution in [3.05, 3.63) is 74.8 Å². The van der Waals surface area contributed by atoms with Crippen molar-refractivity contribution in [2.45, 2.75) is 11.8 Å². The fraction of sp³-hybridized carbons (Fsp3) is 0.143. The standard InChI is InChI=1S/C14H11Cl2NO2/c15-12-5-1-10(2-6-12)9-14(16)11-3-7-13(8-4-11)17(18)19/h1-8,14H,9H2. The first-order chi connectivity index (χ1) is 9.06. The maximum absolute atomic E-state index is 10.6. The second kappa shape index (κ2) is 6.04. The molecule has 3 nitrogen and oxygen atoms in total. The Balaban J connectivity index is 2.09. The molecule has 1 atom stereocenters. The summed E-state index contributed by atoms with van der Waals surface area (Å²) in [5.41, 5.74) is 2.00. The van der Waals surface area contributed by atoms with Crippen LogP contribution in [-0.2, 0) is 6.42 Å². The molecule has 0 aliphatic carbocycles. The monoisotopic (exact) mass is 295 g/mol. The molecule has 98 valence electrons. The van der Waals surface area contributed by atoms with Crippen LogP contribution in [0.2, 0.25) is 5.02 Å². The molecule has 0 aliphatic heterocycles. The summed E-state index contributed by atoms with van der Waals surface area (Å²) in [6.45, 7) is 0. The number of halogens is 2. The zero-order chi connectivity index (χ0) is 13.8. The average molecular weight is 296 g/mol. The minimum Gasteiger partial charge on any atom is -0.258 e. The largest absolute Gasteiger partial charge is 0.269 e. The van der Waals surface area contributed by atoms with Crippen LogP contribution >= 0.6 is 23.2 Å². The summed E-state index contributed by atoms with van der Waals surface area (Å²) in [7, 11) is 0. The number of non-ortho nitro benzene ring substituents is 1. The normalized spacial score (nSPS) is 12.1. The number of hydrogen-bond donors (Lipinski definition) is 0. The van der Waals surface area contributed by atoms with E-state index in [-0.39, 0.29) is 11.1 Å². The zero-order valence-corrected chi connectivity index (χ0v) is 11.4. The van der Waals surface area contributed by atoms with Crippen LogP contribution in [0.15, 0.2) is 48.5 Å². The third kappa shape index (κ3) is 3.69. The molecular weight excluding hydrogens is 285 g/mol. The molecule has 0 amide bonds. The van der Waals surface area contributed by atoms with E-state index in [0.717, 1.165) is 11.1 Å². The summed E-state index contributed by atoms with van der Waals surface area (Å²) in [6, 6.07) is 13.8. The van der Waals surface area contributed by atoms with Crippen molar-refractivity contribution in [2.24, 2.45) is 0 Å². The third-order valence-electron chi connectivity index (χ3n) is 2.79. The SMILES string of the molecule is O=[N+]([O-])c1ccc(C(Cl)Cc2ccc(Cl)cc2)cc1. The van der Waals surface area contributed by atoms with E-state index in [4.69, 9.17) is 23.2 Å². The third-order valence-corrected chi connectivity index (χ3v) is 3.45. The van der Waals surface area contributed by atoms with E-state index >= 15 is 0 Å². The van der Waals surface area contributed by atoms with Crippen molar-refractivity contribution in [1.82, 2.24) is 0 Å². The average Bonchev–Trinajstić information content (AvgIpc) is 2.41. The number of nitro groups is 1. The fourth-order valence-electron chi connectivity index (χ4n) is 1.75. The van der Waals surface area contributed by atoms with Gasteiger partial charge in [0, 0.05) is 17.2 Å². The van der Waals surface area contributed by atoms with E-state index in [1.807, 2.05) is 24.3 Å². The van der Waals surface area contributed by atoms with Gasteiger partial charge in [-0.25, -0.2) is 0 Å². The van der Waals surface area contributed by atoms with E-state index in [9.17, 15) is 10.1 Å². The van der Waals surface area contributed by atoms with Gasteiger partial charge in [-0.05, 0) is 29.7 Å². The van der Waals surface area contributed by atoms with Gasteiger partial charge in [-0.3, -0.25) is 10.1 Å². The molecule has 0 heterocycles. The Bertz CT molecular complexity index is 567. The van der Waals surface area contributed by atoms with Gasteiger partial charge in [0.15, 0.2) is 0 Å². The minimum atomic E-state index is -0.424. The molecule has 1 unspecified atom stereocenters. The van der Waals surface area contributed by atoms with Crippen LogP contribution in [0.3, 0.4) is 0 Å². The molecule has 0 bridgehead atoms. The number of nitro benzene ring substituents is 1. The first kappa shape index (κ1) is 13.8. The molecule has 0 aliphatic rings. The number of nitrogens with zero attached hydrogens (tertiary/aromatic N) is 1. The molecule has 2 rings (SSSR count). The van der Waals surface area contributed by atoms with Gasteiger partial charge >= 0.3 is 0 Å². The van der Waals surface area contributed by atoms with Gasteiger partial charge in [0.1, 0.15) is 0 Å². The van der Waals surface area contributed by atoms with Gasteiger partial charge in [0.25, 0.3) is 5.69 Å². The predicted molar refractivity (Wildman–Crippen MR) is 76.8 cm³/mol. The van der Waals surface area contributed by atoms with Gasteiger partial charge in [0.05, 0.1) is 10.3 Å². The molecule has 0 saturated heterocycles. The Hall–Kier alpha value is -1.58. The summed E-state index contributed by atoms with van der Waals surface area (Å²) in [5, 5.41) is 11.0. The predicted octanol–water partition coefficient (Wildman–Crippen LogP) is 4.77. The molecule has 19 heavy (non-hydrogen) atoms. The summed E-state index contributed by atoms with van der Waals surface area (Å²) < 4.78 is 0. The van der Waals surface area contributed by atoms with E-state index in [2.05, 4.69) is 0 Å². The lowest BCUT2D eigenvalue weighted by Gasteiger charge is -2.09. The molecule has 0 radical (unpaired) electrons. The summed E-state index contributed by atoms with van der Waals surface area (Å²) in [4.78, 5) is 10.1. The van der Waals surface area contributed by atoms with E-state index < -0.39 is 4.92 Å². The zero-order valence-electron chi connectivity index (χ0n) is 9.92. The second-order valence-corrected chi connectivity index (χ2v) is 5.11. The molecule has 0 fully saturated rings. The molecule has 0 spiro atoms. The lowest BCUT2D eigenvalue weighted by atomic mass is 10.0. The van der Waals surface area contributed by atoms with Crippen molar-refractivity contribution in [3.8, 4) is 0 Å². The van der Waals surface area contributed by atoms with Gasteiger partial charge in [-0.2, -0.15) is 0 Å². The Labute approximate surface area is 120 Å². The summed E-state index contributed by atoms with van der Waals surface area (Å²) in [5.74, 6) is 0. The Morgan fingerprint density at radius 2 is 1.63 bits per heavy atom. The minimum absolute atomic E-state index is 0.0686. The maximum Gasteiger partial charge on any atom is 0.269 e. The lowest BCUT2D eigenvalue weighted by molar-refractivity contribution is -0.384. The van der Waals surface area contributed by atoms with Gasteiger partial charge in [-0.1, -0.05) is 35.9 Å². The number of alkyl halides is 1. The Morgan fingerprint density at radius 3 is 2.16 bits per heavy atom. The summed E-state index contributed by atoms with van der Waals surface area (Å²) >= 11 is 12.1. The van der Waals surface area contributed by atoms with Crippen LogP contribution in [0.5, 0.6) is 0 Å². The molecule has 0 N–H and O–H groups in total. The van der Waals surface area contributed by atoms with Crippen LogP contribution in [0.25, 0.3) is 0 Å². The highest BCUT2D eigenvalue weighted by Gasteiger charge is 2.11. The second-order valence-electron chi connectivity index (χ2n) is 4.15. The van der Waals surface area contributed by atoms with Crippen LogP contribution in [-0.4, -0.2) is 4.92 Å². The fourth-order valence-corrected chi connectivity index (χ4v) is 2.20. The molecular formula is C14H11Cl2NO2. The number of benzene rings is 2. The molecule has 2 aromatic rings. The molecule has 0 saturated carbocycles. The van der Waals surface area contributed by atoms with E-state index in [0.29, 0.717) is 11.4 Å². The van der Waals surface area contributed by atoms with Gasteiger partial charge in [-0.15, -0.1) is 11.6 Å². The topological polar surface area (TPSA) is 43.1 Å². The van der Waals surface area contributed by atoms with Crippen LogP contribution in [0, 0.1) is 10.1 Å². The molecule has 2 aromatic carbocycles. The highest BCUT2D eigenvalue weighted by molar-refractivity contribution is 6.30. The van der Waals surface area contributed by atoms with Crippen LogP contribution in [0.4, 0.5) is 5.69 Å². The van der Waals surface area contributed by atoms with Crippen LogP contribution < -0.4 is 0 Å².